The highest BCUT2D eigenvalue weighted by atomic mass is 79.9. The molecule has 0 bridgehead atoms. The summed E-state index contributed by atoms with van der Waals surface area (Å²) in [4.78, 5) is 22.8. The maximum Gasteiger partial charge on any atom is 0.335 e. The summed E-state index contributed by atoms with van der Waals surface area (Å²) in [6.07, 6.45) is 0. The maximum atomic E-state index is 12.0. The molecule has 102 valence electrons. The molecular formula is C14H9BrClNO3. The fourth-order valence-electron chi connectivity index (χ4n) is 1.55. The number of anilines is 1. The van der Waals surface area contributed by atoms with Crippen LogP contribution in [0.2, 0.25) is 5.02 Å². The molecule has 0 radical (unpaired) electrons. The fraction of sp³-hybridized carbons (Fsp3) is 0. The van der Waals surface area contributed by atoms with Crippen molar-refractivity contribution in [1.82, 2.24) is 0 Å². The van der Waals surface area contributed by atoms with E-state index in [1.807, 2.05) is 0 Å². The second-order valence-electron chi connectivity index (χ2n) is 3.96. The molecule has 1 amide bonds. The minimum atomic E-state index is -1.07. The number of carboxylic acid groups (broad SMARTS) is 1. The number of carbonyl (C=O) groups is 2. The van der Waals surface area contributed by atoms with Crippen molar-refractivity contribution in [2.45, 2.75) is 0 Å². The fourth-order valence-corrected chi connectivity index (χ4v) is 2.04. The van der Waals surface area contributed by atoms with Gasteiger partial charge in [0.1, 0.15) is 0 Å². The number of rotatable bonds is 3. The van der Waals surface area contributed by atoms with E-state index >= 15 is 0 Å². The Morgan fingerprint density at radius 3 is 2.20 bits per heavy atom. The predicted molar refractivity (Wildman–Crippen MR) is 80.5 cm³/mol. The largest absolute Gasteiger partial charge is 0.478 e. The number of hydrogen-bond acceptors (Lipinski definition) is 2. The zero-order valence-corrected chi connectivity index (χ0v) is 12.4. The lowest BCUT2D eigenvalue weighted by atomic mass is 10.2. The Morgan fingerprint density at radius 2 is 1.65 bits per heavy atom. The van der Waals surface area contributed by atoms with Gasteiger partial charge in [0, 0.05) is 10.0 Å². The number of aromatic carboxylic acids is 1. The first-order valence-electron chi connectivity index (χ1n) is 5.57. The minimum absolute atomic E-state index is 0.0663. The van der Waals surface area contributed by atoms with Crippen LogP contribution in [0.15, 0.2) is 46.9 Å². The Balaban J connectivity index is 2.19. The monoisotopic (exact) mass is 353 g/mol. The third-order valence-corrected chi connectivity index (χ3v) is 3.41. The summed E-state index contributed by atoms with van der Waals surface area (Å²) < 4.78 is 0.873. The van der Waals surface area contributed by atoms with Gasteiger partial charge < -0.3 is 10.4 Å². The second kappa shape index (κ2) is 6.07. The molecule has 6 heteroatoms. The van der Waals surface area contributed by atoms with E-state index in [1.165, 1.54) is 18.2 Å². The van der Waals surface area contributed by atoms with Crippen molar-refractivity contribution in [3.63, 3.8) is 0 Å². The van der Waals surface area contributed by atoms with Crippen molar-refractivity contribution >= 4 is 45.1 Å². The number of hydrogen-bond donors (Lipinski definition) is 2. The van der Waals surface area contributed by atoms with Crippen molar-refractivity contribution in [3.8, 4) is 0 Å². The summed E-state index contributed by atoms with van der Waals surface area (Å²) in [7, 11) is 0. The van der Waals surface area contributed by atoms with Crippen LogP contribution in [0.4, 0.5) is 5.69 Å². The van der Waals surface area contributed by atoms with Crippen LogP contribution in [0.25, 0.3) is 0 Å². The highest BCUT2D eigenvalue weighted by molar-refractivity contribution is 9.10. The molecule has 4 nitrogen and oxygen atoms in total. The molecule has 0 fully saturated rings. The summed E-state index contributed by atoms with van der Waals surface area (Å²) in [5.74, 6) is -1.39. The summed E-state index contributed by atoms with van der Waals surface area (Å²) in [6, 6.07) is 11.0. The maximum absolute atomic E-state index is 12.0. The van der Waals surface area contributed by atoms with Crippen LogP contribution in [-0.2, 0) is 0 Å². The Hall–Kier alpha value is -1.85. The van der Waals surface area contributed by atoms with Gasteiger partial charge in [0.05, 0.1) is 16.3 Å². The topological polar surface area (TPSA) is 66.4 Å². The van der Waals surface area contributed by atoms with Crippen LogP contribution in [0.1, 0.15) is 20.7 Å². The van der Waals surface area contributed by atoms with Crippen LogP contribution in [-0.4, -0.2) is 17.0 Å². The number of carboxylic acids is 1. The third kappa shape index (κ3) is 3.37. The standard InChI is InChI=1S/C14H9BrClNO3/c15-10-4-1-8(2-5-10)13(18)17-12-6-3-9(14(19)20)7-11(12)16/h1-7H,(H,17,18)(H,19,20). The molecule has 0 saturated carbocycles. The zero-order valence-electron chi connectivity index (χ0n) is 10.1. The SMILES string of the molecule is O=C(O)c1ccc(NC(=O)c2ccc(Br)cc2)c(Cl)c1. The molecule has 0 unspecified atom stereocenters. The lowest BCUT2D eigenvalue weighted by Gasteiger charge is -2.08. The molecule has 0 aliphatic heterocycles. The van der Waals surface area contributed by atoms with Crippen LogP contribution in [0.3, 0.4) is 0 Å². The molecule has 0 spiro atoms. The number of carbonyl (C=O) groups excluding carboxylic acids is 1. The summed E-state index contributed by atoms with van der Waals surface area (Å²) in [5, 5.41) is 11.6. The molecular weight excluding hydrogens is 346 g/mol. The second-order valence-corrected chi connectivity index (χ2v) is 5.28. The van der Waals surface area contributed by atoms with Gasteiger partial charge in [-0.3, -0.25) is 4.79 Å². The zero-order chi connectivity index (χ0) is 14.7. The molecule has 2 aromatic carbocycles. The Morgan fingerprint density at radius 1 is 1.05 bits per heavy atom. The van der Waals surface area contributed by atoms with Gasteiger partial charge in [0.2, 0.25) is 0 Å². The molecule has 2 aromatic rings. The van der Waals surface area contributed by atoms with Gasteiger partial charge in [0.25, 0.3) is 5.91 Å². The van der Waals surface area contributed by atoms with Crippen LogP contribution < -0.4 is 5.32 Å². The van der Waals surface area contributed by atoms with E-state index in [9.17, 15) is 9.59 Å². The number of amides is 1. The number of halogens is 2. The molecule has 2 rings (SSSR count). The van der Waals surface area contributed by atoms with Gasteiger partial charge >= 0.3 is 5.97 Å². The molecule has 2 N–H and O–H groups in total. The Kier molecular flexibility index (Phi) is 4.42. The predicted octanol–water partition coefficient (Wildman–Crippen LogP) is 4.05. The highest BCUT2D eigenvalue weighted by Gasteiger charge is 2.11. The first kappa shape index (κ1) is 14.6. The van der Waals surface area contributed by atoms with E-state index in [0.717, 1.165) is 4.47 Å². The number of nitrogens with one attached hydrogen (secondary N) is 1. The van der Waals surface area contributed by atoms with Crippen LogP contribution >= 0.6 is 27.5 Å². The van der Waals surface area contributed by atoms with E-state index < -0.39 is 5.97 Å². The van der Waals surface area contributed by atoms with Gasteiger partial charge in [-0.2, -0.15) is 0 Å². The van der Waals surface area contributed by atoms with E-state index in [2.05, 4.69) is 21.2 Å². The normalized spacial score (nSPS) is 10.1. The van der Waals surface area contributed by atoms with Crippen molar-refractivity contribution in [3.05, 3.63) is 63.1 Å². The van der Waals surface area contributed by atoms with Crippen molar-refractivity contribution in [1.29, 1.82) is 0 Å². The van der Waals surface area contributed by atoms with Crippen LogP contribution in [0, 0.1) is 0 Å². The minimum Gasteiger partial charge on any atom is -0.478 e. The molecule has 0 saturated heterocycles. The van der Waals surface area contributed by atoms with Gasteiger partial charge in [-0.1, -0.05) is 27.5 Å². The average Bonchev–Trinajstić information content (AvgIpc) is 2.41. The number of benzene rings is 2. The molecule has 20 heavy (non-hydrogen) atoms. The molecule has 0 aliphatic carbocycles. The molecule has 0 aromatic heterocycles. The quantitative estimate of drug-likeness (QED) is 0.874. The van der Waals surface area contributed by atoms with Crippen molar-refractivity contribution in [2.24, 2.45) is 0 Å². The third-order valence-electron chi connectivity index (χ3n) is 2.57. The van der Waals surface area contributed by atoms with Gasteiger partial charge in [-0.25, -0.2) is 4.79 Å². The Labute approximate surface area is 128 Å². The lowest BCUT2D eigenvalue weighted by molar-refractivity contribution is 0.0696. The van der Waals surface area contributed by atoms with Gasteiger partial charge in [-0.15, -0.1) is 0 Å². The van der Waals surface area contributed by atoms with Crippen molar-refractivity contribution < 1.29 is 14.7 Å². The van der Waals surface area contributed by atoms with Gasteiger partial charge in [-0.05, 0) is 42.5 Å². The summed E-state index contributed by atoms with van der Waals surface area (Å²) in [6.45, 7) is 0. The van der Waals surface area contributed by atoms with E-state index in [-0.39, 0.29) is 16.5 Å². The average molecular weight is 355 g/mol. The Bertz CT molecular complexity index is 671. The summed E-state index contributed by atoms with van der Waals surface area (Å²) in [5.41, 5.74) is 0.910. The van der Waals surface area contributed by atoms with Gasteiger partial charge in [0.15, 0.2) is 0 Å². The molecule has 0 aliphatic rings. The van der Waals surface area contributed by atoms with E-state index in [0.29, 0.717) is 11.3 Å². The summed E-state index contributed by atoms with van der Waals surface area (Å²) >= 11 is 9.23. The van der Waals surface area contributed by atoms with Crippen molar-refractivity contribution in [2.75, 3.05) is 5.32 Å². The van der Waals surface area contributed by atoms with Crippen LogP contribution in [0.5, 0.6) is 0 Å². The van der Waals surface area contributed by atoms with E-state index in [4.69, 9.17) is 16.7 Å². The lowest BCUT2D eigenvalue weighted by Crippen LogP contribution is -2.12. The molecule has 0 atom stereocenters. The van der Waals surface area contributed by atoms with E-state index in [1.54, 1.807) is 24.3 Å². The first-order valence-corrected chi connectivity index (χ1v) is 6.74. The first-order chi connectivity index (χ1) is 9.47. The highest BCUT2D eigenvalue weighted by Crippen LogP contribution is 2.24. The smallest absolute Gasteiger partial charge is 0.335 e. The molecule has 0 heterocycles.